The molecule has 5 nitrogen and oxygen atoms in total. The predicted octanol–water partition coefficient (Wildman–Crippen LogP) is 2.77. The largest absolute Gasteiger partial charge is 0.478 e. The Morgan fingerprint density at radius 1 is 1.47 bits per heavy atom. The van der Waals surface area contributed by atoms with Crippen molar-refractivity contribution in [2.75, 3.05) is 6.61 Å². The molecule has 19 heavy (non-hydrogen) atoms. The molecule has 2 aromatic rings. The van der Waals surface area contributed by atoms with Crippen molar-refractivity contribution in [3.05, 3.63) is 46.5 Å². The van der Waals surface area contributed by atoms with Crippen LogP contribution >= 0.6 is 15.9 Å². The number of carbonyl (C=O) groups is 1. The number of carbonyl (C=O) groups excluding carboxylic acids is 1. The minimum atomic E-state index is -0.281. The minimum absolute atomic E-state index is 0.258. The highest BCUT2D eigenvalue weighted by Crippen LogP contribution is 2.16. The van der Waals surface area contributed by atoms with Gasteiger partial charge in [-0.15, -0.1) is 0 Å². The maximum Gasteiger partial charge on any atom is 0.287 e. The number of pyridine rings is 1. The molecule has 1 amide bonds. The number of aromatic nitrogens is 1. The van der Waals surface area contributed by atoms with Crippen molar-refractivity contribution in [1.29, 1.82) is 0 Å². The third-order valence-electron chi connectivity index (χ3n) is 2.37. The monoisotopic (exact) mass is 324 g/mol. The number of nitrogens with one attached hydrogen (secondary N) is 1. The quantitative estimate of drug-likeness (QED) is 0.918. The van der Waals surface area contributed by atoms with Crippen molar-refractivity contribution in [2.24, 2.45) is 0 Å². The highest BCUT2D eigenvalue weighted by molar-refractivity contribution is 9.10. The first-order valence-electron chi connectivity index (χ1n) is 5.81. The van der Waals surface area contributed by atoms with Crippen molar-refractivity contribution in [3.63, 3.8) is 0 Å². The Labute approximate surface area is 119 Å². The van der Waals surface area contributed by atoms with Crippen LogP contribution in [0.1, 0.15) is 23.0 Å². The molecule has 0 atom stereocenters. The summed E-state index contributed by atoms with van der Waals surface area (Å²) in [6.45, 7) is 2.75. The van der Waals surface area contributed by atoms with Crippen LogP contribution in [0.5, 0.6) is 5.88 Å². The molecule has 0 saturated heterocycles. The second-order valence-electron chi connectivity index (χ2n) is 3.69. The Hall–Kier alpha value is -1.82. The molecule has 0 aromatic carbocycles. The number of nitrogens with zero attached hydrogens (tertiary/aromatic N) is 1. The molecule has 2 aromatic heterocycles. The Kier molecular flexibility index (Phi) is 4.57. The fraction of sp³-hybridized carbons (Fsp3) is 0.231. The number of ether oxygens (including phenoxy) is 1. The molecule has 2 rings (SSSR count). The van der Waals surface area contributed by atoms with Gasteiger partial charge in [0.1, 0.15) is 0 Å². The lowest BCUT2D eigenvalue weighted by molar-refractivity contribution is 0.0921. The summed E-state index contributed by atoms with van der Waals surface area (Å²) in [4.78, 5) is 15.9. The molecule has 0 bridgehead atoms. The first-order valence-corrected chi connectivity index (χ1v) is 6.60. The standard InChI is InChI=1S/C13H13BrN2O3/c1-2-18-13-9(4-3-7-15-13)8-16-12(17)10-5-6-11(14)19-10/h3-7H,2,8H2,1H3,(H,16,17). The van der Waals surface area contributed by atoms with Crippen molar-refractivity contribution in [3.8, 4) is 5.88 Å². The van der Waals surface area contributed by atoms with E-state index in [1.54, 1.807) is 24.4 Å². The van der Waals surface area contributed by atoms with E-state index in [0.29, 0.717) is 23.7 Å². The molecule has 0 saturated carbocycles. The van der Waals surface area contributed by atoms with Crippen LogP contribution in [-0.4, -0.2) is 17.5 Å². The topological polar surface area (TPSA) is 64.4 Å². The second kappa shape index (κ2) is 6.38. The summed E-state index contributed by atoms with van der Waals surface area (Å²) in [6, 6.07) is 6.93. The zero-order chi connectivity index (χ0) is 13.7. The van der Waals surface area contributed by atoms with Crippen LogP contribution in [0.25, 0.3) is 0 Å². The van der Waals surface area contributed by atoms with Gasteiger partial charge in [-0.2, -0.15) is 0 Å². The highest BCUT2D eigenvalue weighted by atomic mass is 79.9. The number of furan rings is 1. The van der Waals surface area contributed by atoms with E-state index < -0.39 is 0 Å². The second-order valence-corrected chi connectivity index (χ2v) is 4.47. The molecule has 0 aliphatic carbocycles. The lowest BCUT2D eigenvalue weighted by atomic mass is 10.2. The molecule has 1 N–H and O–H groups in total. The van der Waals surface area contributed by atoms with Gasteiger partial charge in [0.15, 0.2) is 10.4 Å². The lowest BCUT2D eigenvalue weighted by Gasteiger charge is -2.08. The number of hydrogen-bond donors (Lipinski definition) is 1. The van der Waals surface area contributed by atoms with Crippen molar-refractivity contribution >= 4 is 21.8 Å². The van der Waals surface area contributed by atoms with Crippen molar-refractivity contribution in [1.82, 2.24) is 10.3 Å². The van der Waals surface area contributed by atoms with Gasteiger partial charge in [-0.1, -0.05) is 6.07 Å². The summed E-state index contributed by atoms with van der Waals surface area (Å²) in [7, 11) is 0. The number of hydrogen-bond acceptors (Lipinski definition) is 4. The molecular weight excluding hydrogens is 312 g/mol. The Morgan fingerprint density at radius 3 is 3.00 bits per heavy atom. The first-order chi connectivity index (χ1) is 9.20. The summed E-state index contributed by atoms with van der Waals surface area (Å²) in [5.41, 5.74) is 0.823. The average molecular weight is 325 g/mol. The summed E-state index contributed by atoms with van der Waals surface area (Å²) in [5, 5.41) is 2.75. The summed E-state index contributed by atoms with van der Waals surface area (Å²) >= 11 is 3.15. The van der Waals surface area contributed by atoms with E-state index >= 15 is 0 Å². The molecule has 0 spiro atoms. The van der Waals surface area contributed by atoms with Crippen molar-refractivity contribution in [2.45, 2.75) is 13.5 Å². The minimum Gasteiger partial charge on any atom is -0.478 e. The summed E-state index contributed by atoms with van der Waals surface area (Å²) in [6.07, 6.45) is 1.65. The van der Waals surface area contributed by atoms with E-state index in [2.05, 4.69) is 26.2 Å². The van der Waals surface area contributed by atoms with Gasteiger partial charge in [0, 0.05) is 18.3 Å². The molecule has 100 valence electrons. The molecule has 0 fully saturated rings. The predicted molar refractivity (Wildman–Crippen MR) is 73.0 cm³/mol. The highest BCUT2D eigenvalue weighted by Gasteiger charge is 2.11. The first kappa shape index (κ1) is 13.6. The van der Waals surface area contributed by atoms with Crippen LogP contribution in [0.2, 0.25) is 0 Å². The molecule has 2 heterocycles. The van der Waals surface area contributed by atoms with Crippen LogP contribution in [0.15, 0.2) is 39.5 Å². The van der Waals surface area contributed by atoms with E-state index in [4.69, 9.17) is 9.15 Å². The Morgan fingerprint density at radius 2 is 2.32 bits per heavy atom. The van der Waals surface area contributed by atoms with Gasteiger partial charge in [-0.3, -0.25) is 4.79 Å². The smallest absolute Gasteiger partial charge is 0.287 e. The third-order valence-corrected chi connectivity index (χ3v) is 2.79. The fourth-order valence-electron chi connectivity index (χ4n) is 1.52. The van der Waals surface area contributed by atoms with Crippen LogP contribution in [-0.2, 0) is 6.54 Å². The van der Waals surface area contributed by atoms with E-state index in [1.807, 2.05) is 13.0 Å². The van der Waals surface area contributed by atoms with Crippen LogP contribution < -0.4 is 10.1 Å². The number of amides is 1. The van der Waals surface area contributed by atoms with E-state index in [0.717, 1.165) is 5.56 Å². The van der Waals surface area contributed by atoms with Crippen LogP contribution in [0.4, 0.5) is 0 Å². The molecule has 0 aliphatic rings. The lowest BCUT2D eigenvalue weighted by Crippen LogP contribution is -2.22. The zero-order valence-corrected chi connectivity index (χ0v) is 11.9. The Bertz CT molecular complexity index is 569. The summed E-state index contributed by atoms with van der Waals surface area (Å²) < 4.78 is 11.1. The number of halogens is 1. The van der Waals surface area contributed by atoms with E-state index in [9.17, 15) is 4.79 Å². The normalized spacial score (nSPS) is 10.2. The van der Waals surface area contributed by atoms with Gasteiger partial charge in [0.2, 0.25) is 5.88 Å². The summed E-state index contributed by atoms with van der Waals surface area (Å²) in [5.74, 6) is 0.511. The van der Waals surface area contributed by atoms with Gasteiger partial charge in [0.05, 0.1) is 6.61 Å². The molecule has 0 unspecified atom stereocenters. The van der Waals surface area contributed by atoms with E-state index in [1.165, 1.54) is 0 Å². The molecule has 6 heteroatoms. The Balaban J connectivity index is 2.00. The average Bonchev–Trinajstić information content (AvgIpc) is 2.84. The zero-order valence-electron chi connectivity index (χ0n) is 10.4. The van der Waals surface area contributed by atoms with Gasteiger partial charge < -0.3 is 14.5 Å². The van der Waals surface area contributed by atoms with Gasteiger partial charge in [-0.05, 0) is 41.1 Å². The third kappa shape index (κ3) is 3.57. The van der Waals surface area contributed by atoms with Gasteiger partial charge in [-0.25, -0.2) is 4.98 Å². The molecule has 0 radical (unpaired) electrons. The van der Waals surface area contributed by atoms with Gasteiger partial charge >= 0.3 is 0 Å². The molecule has 0 aliphatic heterocycles. The van der Waals surface area contributed by atoms with Gasteiger partial charge in [0.25, 0.3) is 5.91 Å². The molecular formula is C13H13BrN2O3. The SMILES string of the molecule is CCOc1ncccc1CNC(=O)c1ccc(Br)o1. The number of rotatable bonds is 5. The fourth-order valence-corrected chi connectivity index (χ4v) is 1.83. The van der Waals surface area contributed by atoms with E-state index in [-0.39, 0.29) is 11.7 Å². The van der Waals surface area contributed by atoms with Crippen LogP contribution in [0.3, 0.4) is 0 Å². The maximum atomic E-state index is 11.8. The maximum absolute atomic E-state index is 11.8. The van der Waals surface area contributed by atoms with Crippen LogP contribution in [0, 0.1) is 0 Å². The van der Waals surface area contributed by atoms with Crippen molar-refractivity contribution < 1.29 is 13.9 Å².